The molecule has 1 aliphatic carbocycles. The maximum Gasteiger partial charge on any atom is 0.230 e. The fourth-order valence-corrected chi connectivity index (χ4v) is 2.67. The highest BCUT2D eigenvalue weighted by atomic mass is 16.2. The van der Waals surface area contributed by atoms with E-state index in [1.54, 1.807) is 0 Å². The summed E-state index contributed by atoms with van der Waals surface area (Å²) in [5.41, 5.74) is 4.05. The lowest BCUT2D eigenvalue weighted by Crippen LogP contribution is -2.27. The van der Waals surface area contributed by atoms with Crippen molar-refractivity contribution in [3.63, 3.8) is 0 Å². The zero-order valence-corrected chi connectivity index (χ0v) is 10.4. The van der Waals surface area contributed by atoms with Gasteiger partial charge in [-0.15, -0.1) is 0 Å². The van der Waals surface area contributed by atoms with Crippen molar-refractivity contribution in [1.82, 2.24) is 0 Å². The van der Waals surface area contributed by atoms with E-state index >= 15 is 0 Å². The lowest BCUT2D eigenvalue weighted by atomic mass is 9.81. The first-order chi connectivity index (χ1) is 7.28. The van der Waals surface area contributed by atoms with E-state index in [1.807, 2.05) is 40.7 Å². The van der Waals surface area contributed by atoms with Crippen molar-refractivity contribution >= 4 is 11.6 Å². The van der Waals surface area contributed by atoms with Gasteiger partial charge in [-0.2, -0.15) is 0 Å². The topological polar surface area (TPSA) is 34.1 Å². The summed E-state index contributed by atoms with van der Waals surface area (Å²) in [7, 11) is 0. The predicted octanol–water partition coefficient (Wildman–Crippen LogP) is 2.65. The van der Waals surface area contributed by atoms with Crippen molar-refractivity contribution in [2.75, 3.05) is 0 Å². The number of carbonyl (C=O) groups is 2. The van der Waals surface area contributed by atoms with Crippen LogP contribution >= 0.6 is 0 Å². The summed E-state index contributed by atoms with van der Waals surface area (Å²) in [6.45, 7) is 9.58. The molecule has 0 aliphatic heterocycles. The van der Waals surface area contributed by atoms with Gasteiger partial charge in [-0.25, -0.2) is 0 Å². The predicted molar refractivity (Wildman–Crippen MR) is 63.0 cm³/mol. The Hall–Kier alpha value is -1.44. The number of aryl methyl sites for hydroxylation is 2. The number of benzene rings is 1. The Bertz CT molecular complexity index is 522. The zero-order valence-electron chi connectivity index (χ0n) is 10.4. The summed E-state index contributed by atoms with van der Waals surface area (Å²) in [4.78, 5) is 23.9. The van der Waals surface area contributed by atoms with Gasteiger partial charge in [0, 0.05) is 5.56 Å². The maximum absolute atomic E-state index is 12.0. The van der Waals surface area contributed by atoms with Crippen molar-refractivity contribution in [3.05, 3.63) is 33.9 Å². The third-order valence-electron chi connectivity index (χ3n) is 3.67. The largest absolute Gasteiger partial charge is 0.289 e. The van der Waals surface area contributed by atoms with E-state index < -0.39 is 5.41 Å². The van der Waals surface area contributed by atoms with E-state index in [2.05, 4.69) is 0 Å². The molecule has 0 N–H and O–H groups in total. The highest BCUT2D eigenvalue weighted by molar-refractivity contribution is 6.50. The molecular weight excluding hydrogens is 200 g/mol. The van der Waals surface area contributed by atoms with Crippen LogP contribution in [0.2, 0.25) is 0 Å². The quantitative estimate of drug-likeness (QED) is 0.625. The second kappa shape index (κ2) is 3.03. The van der Waals surface area contributed by atoms with Crippen LogP contribution in [0.3, 0.4) is 0 Å². The van der Waals surface area contributed by atoms with Crippen molar-refractivity contribution < 1.29 is 9.59 Å². The van der Waals surface area contributed by atoms with Gasteiger partial charge in [0.2, 0.25) is 11.6 Å². The van der Waals surface area contributed by atoms with Crippen molar-refractivity contribution in [2.45, 2.75) is 40.0 Å². The Labute approximate surface area is 95.7 Å². The summed E-state index contributed by atoms with van der Waals surface area (Å²) in [5.74, 6) is -0.597. The van der Waals surface area contributed by atoms with Crippen LogP contribution in [-0.4, -0.2) is 11.6 Å². The monoisotopic (exact) mass is 216 g/mol. The van der Waals surface area contributed by atoms with Crippen LogP contribution in [0.25, 0.3) is 0 Å². The zero-order chi connectivity index (χ0) is 12.2. The maximum atomic E-state index is 12.0. The molecule has 0 atom stereocenters. The molecule has 0 unspecified atom stereocenters. The lowest BCUT2D eigenvalue weighted by Gasteiger charge is -2.20. The van der Waals surface area contributed by atoms with Gasteiger partial charge in [0.25, 0.3) is 0 Å². The van der Waals surface area contributed by atoms with E-state index in [0.717, 1.165) is 22.3 Å². The second-order valence-corrected chi connectivity index (χ2v) is 5.17. The normalized spacial score (nSPS) is 17.8. The van der Waals surface area contributed by atoms with Crippen LogP contribution in [-0.2, 0) is 10.2 Å². The highest BCUT2D eigenvalue weighted by Gasteiger charge is 2.46. The Kier molecular flexibility index (Phi) is 2.10. The lowest BCUT2D eigenvalue weighted by molar-refractivity contribution is -0.118. The van der Waals surface area contributed by atoms with Crippen molar-refractivity contribution in [1.29, 1.82) is 0 Å². The van der Waals surface area contributed by atoms with Gasteiger partial charge in [0.1, 0.15) is 0 Å². The van der Waals surface area contributed by atoms with Gasteiger partial charge in [-0.05, 0) is 56.9 Å². The second-order valence-electron chi connectivity index (χ2n) is 5.17. The van der Waals surface area contributed by atoms with Crippen LogP contribution in [0.1, 0.15) is 46.5 Å². The van der Waals surface area contributed by atoms with Gasteiger partial charge in [0.15, 0.2) is 0 Å². The number of fused-ring (bicyclic) bond motifs is 1. The summed E-state index contributed by atoms with van der Waals surface area (Å²) >= 11 is 0. The molecule has 1 aliphatic rings. The Morgan fingerprint density at radius 3 is 2.12 bits per heavy atom. The molecule has 0 bridgehead atoms. The minimum atomic E-state index is -0.659. The minimum absolute atomic E-state index is 0.278. The summed E-state index contributed by atoms with van der Waals surface area (Å²) in [5, 5.41) is 0. The number of rotatable bonds is 0. The Balaban J connectivity index is 2.92. The molecule has 0 heterocycles. The number of ketones is 2. The van der Waals surface area contributed by atoms with Crippen LogP contribution in [0.15, 0.2) is 6.07 Å². The van der Waals surface area contributed by atoms with Crippen LogP contribution in [0.5, 0.6) is 0 Å². The standard InChI is InChI=1S/C14H16O2/c1-7-6-8(2)10-11(9(7)3)14(4,5)13(16)12(10)15/h6H,1-5H3. The molecule has 16 heavy (non-hydrogen) atoms. The van der Waals surface area contributed by atoms with Crippen molar-refractivity contribution in [2.24, 2.45) is 0 Å². The van der Waals surface area contributed by atoms with E-state index in [0.29, 0.717) is 5.56 Å². The van der Waals surface area contributed by atoms with Crippen LogP contribution < -0.4 is 0 Å². The van der Waals surface area contributed by atoms with E-state index in [4.69, 9.17) is 0 Å². The van der Waals surface area contributed by atoms with Gasteiger partial charge in [0.05, 0.1) is 5.41 Å². The average molecular weight is 216 g/mol. The minimum Gasteiger partial charge on any atom is -0.289 e. The molecule has 0 spiro atoms. The van der Waals surface area contributed by atoms with Crippen LogP contribution in [0, 0.1) is 20.8 Å². The highest BCUT2D eigenvalue weighted by Crippen LogP contribution is 2.40. The molecule has 84 valence electrons. The summed E-state index contributed by atoms with van der Waals surface area (Å²) in [6.07, 6.45) is 0. The Morgan fingerprint density at radius 1 is 1.00 bits per heavy atom. The molecule has 2 nitrogen and oxygen atoms in total. The average Bonchev–Trinajstić information content (AvgIpc) is 2.36. The fraction of sp³-hybridized carbons (Fsp3) is 0.429. The number of hydrogen-bond donors (Lipinski definition) is 0. The third kappa shape index (κ3) is 1.13. The molecule has 0 amide bonds. The number of hydrogen-bond acceptors (Lipinski definition) is 2. The van der Waals surface area contributed by atoms with Gasteiger partial charge in [-0.1, -0.05) is 6.07 Å². The third-order valence-corrected chi connectivity index (χ3v) is 3.67. The van der Waals surface area contributed by atoms with E-state index in [1.165, 1.54) is 0 Å². The first-order valence-electron chi connectivity index (χ1n) is 5.49. The summed E-state index contributed by atoms with van der Waals surface area (Å²) < 4.78 is 0. The molecule has 2 rings (SSSR count). The molecule has 0 saturated heterocycles. The molecule has 2 heteroatoms. The van der Waals surface area contributed by atoms with Gasteiger partial charge in [-0.3, -0.25) is 9.59 Å². The molecule has 0 radical (unpaired) electrons. The molecule has 0 aromatic heterocycles. The molecular formula is C14H16O2. The number of Topliss-reactive ketones (excluding diaryl/α,β-unsaturated/α-hetero) is 2. The SMILES string of the molecule is Cc1cc(C)c2c(c1C)C(C)(C)C(=O)C2=O. The molecule has 0 saturated carbocycles. The van der Waals surface area contributed by atoms with Gasteiger partial charge < -0.3 is 0 Å². The first kappa shape index (κ1) is 11.1. The summed E-state index contributed by atoms with van der Waals surface area (Å²) in [6, 6.07) is 1.99. The first-order valence-corrected chi connectivity index (χ1v) is 5.49. The molecule has 0 fully saturated rings. The van der Waals surface area contributed by atoms with Crippen LogP contribution in [0.4, 0.5) is 0 Å². The molecule has 1 aromatic rings. The fourth-order valence-electron chi connectivity index (χ4n) is 2.67. The molecule has 1 aromatic carbocycles. The van der Waals surface area contributed by atoms with Crippen molar-refractivity contribution in [3.8, 4) is 0 Å². The van der Waals surface area contributed by atoms with E-state index in [9.17, 15) is 9.59 Å². The Morgan fingerprint density at radius 2 is 1.56 bits per heavy atom. The number of carbonyl (C=O) groups excluding carboxylic acids is 2. The smallest absolute Gasteiger partial charge is 0.230 e. The van der Waals surface area contributed by atoms with Gasteiger partial charge >= 0.3 is 0 Å². The van der Waals surface area contributed by atoms with E-state index in [-0.39, 0.29) is 11.6 Å².